The van der Waals surface area contributed by atoms with Gasteiger partial charge in [0.25, 0.3) is 0 Å². The Morgan fingerprint density at radius 1 is 1.50 bits per heavy atom. The lowest BCUT2D eigenvalue weighted by atomic mass is 10.0. The first kappa shape index (κ1) is 13.1. The average molecular weight is 269 g/mol. The molecule has 0 aliphatic heterocycles. The van der Waals surface area contributed by atoms with Gasteiger partial charge in [-0.05, 0) is 18.6 Å². The van der Waals surface area contributed by atoms with Gasteiger partial charge >= 0.3 is 0 Å². The van der Waals surface area contributed by atoms with E-state index in [0.29, 0.717) is 5.56 Å². The molecular formula is C13H14ClFN2O. The molecule has 18 heavy (non-hydrogen) atoms. The fourth-order valence-corrected chi connectivity index (χ4v) is 2.07. The van der Waals surface area contributed by atoms with Gasteiger partial charge < -0.3 is 5.11 Å². The summed E-state index contributed by atoms with van der Waals surface area (Å²) in [5, 5.41) is 14.3. The van der Waals surface area contributed by atoms with Crippen molar-refractivity contribution in [3.05, 3.63) is 52.1 Å². The molecule has 0 radical (unpaired) electrons. The van der Waals surface area contributed by atoms with Crippen LogP contribution in [0.25, 0.3) is 0 Å². The lowest BCUT2D eigenvalue weighted by Gasteiger charge is -2.11. The number of hydrogen-bond donors (Lipinski definition) is 1. The third-order valence-corrected chi connectivity index (χ3v) is 3.50. The summed E-state index contributed by atoms with van der Waals surface area (Å²) >= 11 is 5.86. The number of aromatic nitrogens is 2. The van der Waals surface area contributed by atoms with Crippen LogP contribution in [0.15, 0.2) is 24.4 Å². The van der Waals surface area contributed by atoms with Crippen LogP contribution in [0.3, 0.4) is 0 Å². The summed E-state index contributed by atoms with van der Waals surface area (Å²) in [5.74, 6) is -0.468. The molecule has 0 spiro atoms. The third kappa shape index (κ3) is 2.40. The van der Waals surface area contributed by atoms with E-state index < -0.39 is 11.9 Å². The Kier molecular flexibility index (Phi) is 3.68. The van der Waals surface area contributed by atoms with Crippen LogP contribution in [0.4, 0.5) is 4.39 Å². The Balaban J connectivity index is 2.24. The lowest BCUT2D eigenvalue weighted by Crippen LogP contribution is -2.04. The minimum Gasteiger partial charge on any atom is -0.388 e. The van der Waals surface area contributed by atoms with Gasteiger partial charge in [0.2, 0.25) is 0 Å². The van der Waals surface area contributed by atoms with E-state index in [0.717, 1.165) is 11.3 Å². The molecule has 0 amide bonds. The van der Waals surface area contributed by atoms with Gasteiger partial charge in [-0.15, -0.1) is 0 Å². The highest BCUT2D eigenvalue weighted by molar-refractivity contribution is 6.31. The van der Waals surface area contributed by atoms with E-state index in [1.165, 1.54) is 6.07 Å². The van der Waals surface area contributed by atoms with Crippen molar-refractivity contribution in [2.45, 2.75) is 19.4 Å². The minimum absolute atomic E-state index is 0.0677. The quantitative estimate of drug-likeness (QED) is 0.930. The largest absolute Gasteiger partial charge is 0.388 e. The molecule has 3 nitrogen and oxygen atoms in total. The van der Waals surface area contributed by atoms with Crippen molar-refractivity contribution in [2.24, 2.45) is 7.05 Å². The number of aryl methyl sites for hydroxylation is 1. The normalized spacial score (nSPS) is 12.7. The van der Waals surface area contributed by atoms with Gasteiger partial charge in [0.05, 0.1) is 17.3 Å². The van der Waals surface area contributed by atoms with Crippen molar-refractivity contribution in [3.8, 4) is 0 Å². The number of benzene rings is 1. The van der Waals surface area contributed by atoms with Crippen LogP contribution in [-0.4, -0.2) is 14.9 Å². The zero-order valence-electron chi connectivity index (χ0n) is 10.2. The fourth-order valence-electron chi connectivity index (χ4n) is 1.87. The van der Waals surface area contributed by atoms with Crippen molar-refractivity contribution < 1.29 is 9.50 Å². The molecule has 0 fully saturated rings. The van der Waals surface area contributed by atoms with Gasteiger partial charge in [0.15, 0.2) is 0 Å². The molecule has 2 rings (SSSR count). The topological polar surface area (TPSA) is 38.1 Å². The number of halogens is 2. The second-order valence-electron chi connectivity index (χ2n) is 4.24. The molecule has 0 aliphatic rings. The Bertz CT molecular complexity index is 568. The maximum Gasteiger partial charge on any atom is 0.142 e. The molecule has 0 saturated heterocycles. The fraction of sp³-hybridized carbons (Fsp3) is 0.308. The van der Waals surface area contributed by atoms with E-state index in [1.807, 2.05) is 6.92 Å². The van der Waals surface area contributed by atoms with Crippen molar-refractivity contribution >= 4 is 11.6 Å². The third-order valence-electron chi connectivity index (χ3n) is 3.08. The van der Waals surface area contributed by atoms with E-state index in [9.17, 15) is 9.50 Å². The van der Waals surface area contributed by atoms with Crippen LogP contribution < -0.4 is 0 Å². The summed E-state index contributed by atoms with van der Waals surface area (Å²) in [7, 11) is 1.81. The number of aliphatic hydroxyl groups excluding tert-OH is 1. The summed E-state index contributed by atoms with van der Waals surface area (Å²) in [4.78, 5) is 0. The van der Waals surface area contributed by atoms with Crippen LogP contribution >= 0.6 is 11.6 Å². The molecule has 0 bridgehead atoms. The Hall–Kier alpha value is -1.39. The van der Waals surface area contributed by atoms with Gasteiger partial charge in [0, 0.05) is 24.7 Å². The van der Waals surface area contributed by atoms with E-state index in [4.69, 9.17) is 11.6 Å². The highest BCUT2D eigenvalue weighted by atomic mass is 35.5. The second kappa shape index (κ2) is 5.08. The molecule has 1 aromatic heterocycles. The summed E-state index contributed by atoms with van der Waals surface area (Å²) in [6.45, 7) is 1.87. The van der Waals surface area contributed by atoms with E-state index >= 15 is 0 Å². The highest BCUT2D eigenvalue weighted by Crippen LogP contribution is 2.26. The molecule has 5 heteroatoms. The molecule has 1 aromatic carbocycles. The van der Waals surface area contributed by atoms with E-state index in [1.54, 1.807) is 30.1 Å². The van der Waals surface area contributed by atoms with Crippen molar-refractivity contribution in [1.29, 1.82) is 0 Å². The standard InChI is InChI=1S/C13H14ClFN2O/c1-8-10(7-16-17(8)2)12(18)6-9-4-3-5-11(15)13(9)14/h3-5,7,12,18H,6H2,1-2H3. The smallest absolute Gasteiger partial charge is 0.142 e. The van der Waals surface area contributed by atoms with Crippen LogP contribution in [-0.2, 0) is 13.5 Å². The van der Waals surface area contributed by atoms with Crippen LogP contribution in [0.5, 0.6) is 0 Å². The zero-order chi connectivity index (χ0) is 13.3. The Morgan fingerprint density at radius 3 is 2.83 bits per heavy atom. The minimum atomic E-state index is -0.738. The average Bonchev–Trinajstić information content (AvgIpc) is 2.66. The van der Waals surface area contributed by atoms with Crippen molar-refractivity contribution in [1.82, 2.24) is 9.78 Å². The number of hydrogen-bond acceptors (Lipinski definition) is 2. The Morgan fingerprint density at radius 2 is 2.22 bits per heavy atom. The maximum atomic E-state index is 13.3. The molecule has 0 saturated carbocycles. The van der Waals surface area contributed by atoms with Crippen molar-refractivity contribution in [3.63, 3.8) is 0 Å². The molecule has 0 aliphatic carbocycles. The summed E-state index contributed by atoms with van der Waals surface area (Å²) in [5.41, 5.74) is 2.21. The molecule has 2 aromatic rings. The van der Waals surface area contributed by atoms with Crippen LogP contribution in [0, 0.1) is 12.7 Å². The predicted molar refractivity (Wildman–Crippen MR) is 68.0 cm³/mol. The summed E-state index contributed by atoms with van der Waals surface area (Å²) < 4.78 is 15.0. The van der Waals surface area contributed by atoms with Crippen molar-refractivity contribution in [2.75, 3.05) is 0 Å². The zero-order valence-corrected chi connectivity index (χ0v) is 10.9. The second-order valence-corrected chi connectivity index (χ2v) is 4.62. The molecule has 1 N–H and O–H groups in total. The number of aliphatic hydroxyl groups is 1. The van der Waals surface area contributed by atoms with Gasteiger partial charge in [-0.1, -0.05) is 23.7 Å². The van der Waals surface area contributed by atoms with E-state index in [2.05, 4.69) is 5.10 Å². The monoisotopic (exact) mass is 268 g/mol. The van der Waals surface area contributed by atoms with Gasteiger partial charge in [-0.2, -0.15) is 5.10 Å². The van der Waals surface area contributed by atoms with Crippen LogP contribution in [0.1, 0.15) is 22.9 Å². The maximum absolute atomic E-state index is 13.3. The first-order valence-corrected chi connectivity index (χ1v) is 5.98. The molecule has 1 atom stereocenters. The number of rotatable bonds is 3. The summed E-state index contributed by atoms with van der Waals surface area (Å²) in [6, 6.07) is 4.59. The first-order chi connectivity index (χ1) is 8.50. The van der Waals surface area contributed by atoms with Gasteiger partial charge in [0.1, 0.15) is 5.82 Å². The lowest BCUT2D eigenvalue weighted by molar-refractivity contribution is 0.177. The van der Waals surface area contributed by atoms with E-state index in [-0.39, 0.29) is 11.4 Å². The number of nitrogens with zero attached hydrogens (tertiary/aromatic N) is 2. The first-order valence-electron chi connectivity index (χ1n) is 5.60. The molecular weight excluding hydrogens is 255 g/mol. The van der Waals surface area contributed by atoms with Gasteiger partial charge in [-0.3, -0.25) is 4.68 Å². The molecule has 96 valence electrons. The SMILES string of the molecule is Cc1c(C(O)Cc2cccc(F)c2Cl)cnn1C. The highest BCUT2D eigenvalue weighted by Gasteiger charge is 2.16. The summed E-state index contributed by atoms with van der Waals surface area (Å²) in [6.07, 6.45) is 1.15. The van der Waals surface area contributed by atoms with Gasteiger partial charge in [-0.25, -0.2) is 4.39 Å². The predicted octanol–water partition coefficient (Wildman–Crippen LogP) is 2.80. The molecule has 1 heterocycles. The molecule has 1 unspecified atom stereocenters. The van der Waals surface area contributed by atoms with Crippen LogP contribution in [0.2, 0.25) is 5.02 Å². The Labute approximate surface area is 110 Å².